The van der Waals surface area contributed by atoms with E-state index in [4.69, 9.17) is 18.0 Å². The minimum absolute atomic E-state index is 0.200. The summed E-state index contributed by atoms with van der Waals surface area (Å²) >= 11 is 0. The molecule has 0 N–H and O–H groups in total. The van der Waals surface area contributed by atoms with Crippen molar-refractivity contribution in [3.05, 3.63) is 0 Å². The van der Waals surface area contributed by atoms with Crippen molar-refractivity contribution in [2.75, 3.05) is 0 Å². The van der Waals surface area contributed by atoms with Crippen molar-refractivity contribution >= 4 is 33.0 Å². The highest BCUT2D eigenvalue weighted by Gasteiger charge is 2.57. The summed E-state index contributed by atoms with van der Waals surface area (Å²) in [4.78, 5) is 0. The zero-order valence-corrected chi connectivity index (χ0v) is 30.6. The summed E-state index contributed by atoms with van der Waals surface area (Å²) in [7, 11) is -7.73. The van der Waals surface area contributed by atoms with E-state index in [1.165, 1.54) is 25.7 Å². The molecular weight excluding hydrogens is 513 g/mol. The lowest BCUT2D eigenvalue weighted by Gasteiger charge is -2.54. The third-order valence-corrected chi connectivity index (χ3v) is 22.5. The summed E-state index contributed by atoms with van der Waals surface area (Å²) < 4.78 is 27.8. The van der Waals surface area contributed by atoms with E-state index in [2.05, 4.69) is 93.5 Å². The number of ether oxygens (including phenoxy) is 1. The third-order valence-electron chi connectivity index (χ3n) is 9.64. The van der Waals surface area contributed by atoms with Crippen LogP contribution in [0.2, 0.25) is 65.0 Å². The standard InChI is InChI=1S/C28H62O4Si4/c1-15-26(33(6,7)8)30-35(12,13)27(4,16-2)32-36(14,28(5,17-3)31-34(9,10)11)21-20-23-18-19-24-25(22-23)29-24/h23-26H,15-22H2,1-14H3. The van der Waals surface area contributed by atoms with E-state index in [-0.39, 0.29) is 10.4 Å². The first-order valence-electron chi connectivity index (χ1n) is 15.0. The molecular formula is C28H62O4Si4. The minimum Gasteiger partial charge on any atom is -0.415 e. The largest absolute Gasteiger partial charge is 0.415 e. The Morgan fingerprint density at radius 3 is 1.83 bits per heavy atom. The van der Waals surface area contributed by atoms with Gasteiger partial charge in [-0.3, -0.25) is 0 Å². The Labute approximate surface area is 229 Å². The van der Waals surface area contributed by atoms with Crippen LogP contribution in [0.3, 0.4) is 0 Å². The van der Waals surface area contributed by atoms with E-state index in [0.29, 0.717) is 17.9 Å². The summed E-state index contributed by atoms with van der Waals surface area (Å²) in [6.07, 6.45) is 9.26. The third kappa shape index (κ3) is 7.89. The normalized spacial score (nSPS) is 29.0. The molecule has 1 saturated carbocycles. The highest BCUT2D eigenvalue weighted by Crippen LogP contribution is 2.46. The number of hydrogen-bond acceptors (Lipinski definition) is 4. The van der Waals surface area contributed by atoms with Crippen LogP contribution in [0.25, 0.3) is 0 Å². The van der Waals surface area contributed by atoms with Crippen molar-refractivity contribution in [3.8, 4) is 0 Å². The Morgan fingerprint density at radius 1 is 0.806 bits per heavy atom. The fourth-order valence-electron chi connectivity index (χ4n) is 6.35. The molecule has 1 aliphatic heterocycles. The van der Waals surface area contributed by atoms with Crippen molar-refractivity contribution < 1.29 is 18.0 Å². The van der Waals surface area contributed by atoms with Gasteiger partial charge in [0.15, 0.2) is 8.32 Å². The lowest BCUT2D eigenvalue weighted by atomic mass is 9.87. The van der Waals surface area contributed by atoms with Crippen molar-refractivity contribution in [2.24, 2.45) is 5.92 Å². The maximum absolute atomic E-state index is 7.68. The van der Waals surface area contributed by atoms with Gasteiger partial charge in [-0.1, -0.05) is 46.8 Å². The van der Waals surface area contributed by atoms with E-state index < -0.39 is 33.0 Å². The van der Waals surface area contributed by atoms with E-state index >= 15 is 0 Å². The minimum atomic E-state index is -2.34. The van der Waals surface area contributed by atoms with Gasteiger partial charge in [0.2, 0.25) is 16.6 Å². The number of fused-ring (bicyclic) bond motifs is 1. The van der Waals surface area contributed by atoms with Crippen molar-refractivity contribution in [2.45, 2.75) is 173 Å². The molecule has 8 heteroatoms. The average molecular weight is 575 g/mol. The molecule has 214 valence electrons. The molecule has 7 atom stereocenters. The van der Waals surface area contributed by atoms with Crippen LogP contribution in [-0.2, 0) is 18.0 Å². The van der Waals surface area contributed by atoms with Gasteiger partial charge >= 0.3 is 0 Å². The van der Waals surface area contributed by atoms with Gasteiger partial charge in [0.1, 0.15) is 0 Å². The first-order chi connectivity index (χ1) is 16.2. The summed E-state index contributed by atoms with van der Waals surface area (Å²) in [5, 5.41) is -0.438. The van der Waals surface area contributed by atoms with E-state index in [9.17, 15) is 0 Å². The van der Waals surface area contributed by atoms with Gasteiger partial charge in [0.25, 0.3) is 0 Å². The molecule has 0 aromatic carbocycles. The first kappa shape index (κ1) is 32.9. The molecule has 2 aliphatic rings. The summed E-state index contributed by atoms with van der Waals surface area (Å²) in [5.74, 6) is 0.767. The van der Waals surface area contributed by atoms with Crippen molar-refractivity contribution in [1.82, 2.24) is 0 Å². The molecule has 0 radical (unpaired) electrons. The van der Waals surface area contributed by atoms with Crippen molar-refractivity contribution in [1.29, 1.82) is 0 Å². The first-order valence-corrected chi connectivity index (χ1v) is 27.5. The molecule has 0 spiro atoms. The highest BCUT2D eigenvalue weighted by molar-refractivity contribution is 6.82. The predicted molar refractivity (Wildman–Crippen MR) is 166 cm³/mol. The van der Waals surface area contributed by atoms with Crippen LogP contribution >= 0.6 is 0 Å². The Balaban J connectivity index is 2.38. The van der Waals surface area contributed by atoms with E-state index in [0.717, 1.165) is 31.2 Å². The lowest BCUT2D eigenvalue weighted by Crippen LogP contribution is -2.69. The topological polar surface area (TPSA) is 40.2 Å². The van der Waals surface area contributed by atoms with Gasteiger partial charge < -0.3 is 18.0 Å². The number of hydrogen-bond donors (Lipinski definition) is 0. The van der Waals surface area contributed by atoms with Crippen LogP contribution in [0.1, 0.15) is 79.6 Å². The fourth-order valence-corrected chi connectivity index (χ4v) is 20.5. The fraction of sp³-hybridized carbons (Fsp3) is 1.00. The van der Waals surface area contributed by atoms with Crippen LogP contribution in [-0.4, -0.2) is 61.4 Å². The zero-order valence-electron chi connectivity index (χ0n) is 26.6. The second kappa shape index (κ2) is 11.7. The second-order valence-corrected chi connectivity index (χ2v) is 33.4. The molecule has 0 aromatic heterocycles. The summed E-state index contributed by atoms with van der Waals surface area (Å²) in [5.41, 5.74) is 0.381. The molecule has 1 saturated heterocycles. The second-order valence-electron chi connectivity index (χ2n) is 15.0. The highest BCUT2D eigenvalue weighted by atomic mass is 28.4. The quantitative estimate of drug-likeness (QED) is 0.145. The average Bonchev–Trinajstić information content (AvgIpc) is 3.52. The molecule has 1 heterocycles. The SMILES string of the molecule is CCC(O[Si](C)(C)C(C)(CC)O[Si](C)(CCC1CCC2OC2C1)C(C)(CC)O[Si](C)(C)C)[Si](C)(C)C. The summed E-state index contributed by atoms with van der Waals surface area (Å²) in [6.45, 7) is 33.4. The number of rotatable bonds is 15. The van der Waals surface area contributed by atoms with Crippen molar-refractivity contribution in [3.63, 3.8) is 0 Å². The Hall–Kier alpha value is 0.708. The molecule has 4 nitrogen and oxygen atoms in total. The molecule has 36 heavy (non-hydrogen) atoms. The zero-order chi connectivity index (χ0) is 27.8. The number of epoxide rings is 1. The predicted octanol–water partition coefficient (Wildman–Crippen LogP) is 8.68. The molecule has 0 bridgehead atoms. The molecule has 0 amide bonds. The molecule has 0 aromatic rings. The van der Waals surface area contributed by atoms with E-state index in [1.54, 1.807) is 0 Å². The van der Waals surface area contributed by atoms with Crippen LogP contribution in [0.15, 0.2) is 0 Å². The molecule has 2 rings (SSSR count). The monoisotopic (exact) mass is 574 g/mol. The van der Waals surface area contributed by atoms with Crippen LogP contribution in [0, 0.1) is 5.92 Å². The van der Waals surface area contributed by atoms with Gasteiger partial charge in [-0.25, -0.2) is 0 Å². The van der Waals surface area contributed by atoms with Crippen LogP contribution in [0.4, 0.5) is 0 Å². The van der Waals surface area contributed by atoms with E-state index in [1.807, 2.05) is 0 Å². The van der Waals surface area contributed by atoms with Crippen LogP contribution < -0.4 is 0 Å². The maximum Gasteiger partial charge on any atom is 0.220 e. The Kier molecular flexibility index (Phi) is 10.7. The molecule has 7 unspecified atom stereocenters. The summed E-state index contributed by atoms with van der Waals surface area (Å²) in [6, 6.07) is 1.16. The smallest absolute Gasteiger partial charge is 0.220 e. The van der Waals surface area contributed by atoms with Gasteiger partial charge in [-0.05, 0) is 104 Å². The Bertz CT molecular complexity index is 721. The lowest BCUT2D eigenvalue weighted by molar-refractivity contribution is 0.0573. The molecule has 2 fully saturated rings. The van der Waals surface area contributed by atoms with Gasteiger partial charge in [-0.15, -0.1) is 0 Å². The Morgan fingerprint density at radius 2 is 1.39 bits per heavy atom. The van der Waals surface area contributed by atoms with Gasteiger partial charge in [0.05, 0.1) is 30.7 Å². The maximum atomic E-state index is 7.68. The van der Waals surface area contributed by atoms with Gasteiger partial charge in [-0.2, -0.15) is 0 Å². The van der Waals surface area contributed by atoms with Crippen LogP contribution in [0.5, 0.6) is 0 Å². The van der Waals surface area contributed by atoms with Gasteiger partial charge in [0, 0.05) is 5.73 Å². The molecule has 1 aliphatic carbocycles.